The van der Waals surface area contributed by atoms with E-state index in [9.17, 15) is 0 Å². The molecule has 1 heterocycles. The first-order valence-electron chi connectivity index (χ1n) is 14.2. The smallest absolute Gasteiger partial charge is 0.216 e. The van der Waals surface area contributed by atoms with Crippen LogP contribution >= 0.6 is 11.8 Å². The molecule has 0 aromatic heterocycles. The lowest BCUT2D eigenvalue weighted by molar-refractivity contribution is 0.268. The molecular weight excluding hydrogens is 486 g/mol. The van der Waals surface area contributed by atoms with E-state index in [0.29, 0.717) is 6.54 Å². The van der Waals surface area contributed by atoms with Crippen LogP contribution in [0, 0.1) is 25.7 Å². The number of aliphatic imine (C=N–C) groups is 1. The summed E-state index contributed by atoms with van der Waals surface area (Å²) in [5.74, 6) is 3.65. The summed E-state index contributed by atoms with van der Waals surface area (Å²) in [4.78, 5) is 8.81. The van der Waals surface area contributed by atoms with Crippen molar-refractivity contribution in [3.05, 3.63) is 59.2 Å². The summed E-state index contributed by atoms with van der Waals surface area (Å²) in [6.45, 7) is 23.9. The third-order valence-electron chi connectivity index (χ3n) is 6.21. The van der Waals surface area contributed by atoms with Gasteiger partial charge in [0.1, 0.15) is 0 Å². The van der Waals surface area contributed by atoms with Crippen molar-refractivity contribution in [2.45, 2.75) is 92.6 Å². The minimum atomic E-state index is -0.305. The SMILES string of the molecule is CC(C)C(C)C.CCC.Cc1ccc(N=C(N2CCSc3ccccc3C2)N(C)NCC(C)(C)N)c(C)c1. The molecule has 0 bridgehead atoms. The van der Waals surface area contributed by atoms with E-state index in [1.165, 1.54) is 28.0 Å². The molecule has 5 nitrogen and oxygen atoms in total. The molecule has 0 fully saturated rings. The summed E-state index contributed by atoms with van der Waals surface area (Å²) in [5.41, 5.74) is 14.1. The molecule has 0 spiro atoms. The summed E-state index contributed by atoms with van der Waals surface area (Å²) >= 11 is 1.92. The maximum atomic E-state index is 6.20. The maximum Gasteiger partial charge on any atom is 0.216 e. The molecule has 0 amide bonds. The van der Waals surface area contributed by atoms with Crippen molar-refractivity contribution >= 4 is 23.4 Å². The van der Waals surface area contributed by atoms with E-state index >= 15 is 0 Å². The van der Waals surface area contributed by atoms with Gasteiger partial charge in [-0.15, -0.1) is 11.8 Å². The van der Waals surface area contributed by atoms with Crippen LogP contribution in [-0.4, -0.2) is 47.3 Å². The van der Waals surface area contributed by atoms with Gasteiger partial charge in [-0.3, -0.25) is 5.01 Å². The maximum absolute atomic E-state index is 6.20. The molecule has 2 aromatic carbocycles. The van der Waals surface area contributed by atoms with Gasteiger partial charge in [0.25, 0.3) is 0 Å². The molecule has 3 rings (SSSR count). The van der Waals surface area contributed by atoms with Gasteiger partial charge in [0, 0.05) is 42.9 Å². The number of nitrogens with two attached hydrogens (primary N) is 1. The normalized spacial score (nSPS) is 13.7. The van der Waals surface area contributed by atoms with E-state index in [1.807, 2.05) is 37.7 Å². The molecule has 2 aromatic rings. The van der Waals surface area contributed by atoms with E-state index in [2.05, 4.69) is 108 Å². The molecule has 214 valence electrons. The standard InChI is InChI=1S/C23H33N5S.C6H14.C3H8/c1-17-10-11-20(18(2)14-17)26-22(27(5)25-16-23(3,4)24)28-12-13-29-21-9-7-6-8-19(21)15-28;1-5(2)6(3)4;1-3-2/h6-11,14,25H,12-13,15-16,24H2,1-5H3;5-6H,1-4H3;3H2,1-2H3. The first-order chi connectivity index (χ1) is 17.8. The van der Waals surface area contributed by atoms with Crippen LogP contribution in [0.5, 0.6) is 0 Å². The van der Waals surface area contributed by atoms with E-state index in [1.54, 1.807) is 0 Å². The van der Waals surface area contributed by atoms with Gasteiger partial charge in [-0.2, -0.15) is 0 Å². The van der Waals surface area contributed by atoms with Gasteiger partial charge in [0.2, 0.25) is 5.96 Å². The number of nitrogens with one attached hydrogen (secondary N) is 1. The fourth-order valence-corrected chi connectivity index (χ4v) is 4.31. The number of aryl methyl sites for hydroxylation is 2. The van der Waals surface area contributed by atoms with Crippen LogP contribution in [0.4, 0.5) is 5.69 Å². The van der Waals surface area contributed by atoms with Gasteiger partial charge >= 0.3 is 0 Å². The monoisotopic (exact) mass is 541 g/mol. The van der Waals surface area contributed by atoms with Crippen molar-refractivity contribution in [1.29, 1.82) is 0 Å². The Balaban J connectivity index is 0.000000695. The Morgan fingerprint density at radius 1 is 1.08 bits per heavy atom. The Morgan fingerprint density at radius 3 is 2.24 bits per heavy atom. The second-order valence-electron chi connectivity index (χ2n) is 11.7. The number of rotatable bonds is 5. The van der Waals surface area contributed by atoms with Crippen LogP contribution in [0.25, 0.3) is 0 Å². The Labute approximate surface area is 238 Å². The van der Waals surface area contributed by atoms with E-state index in [4.69, 9.17) is 10.7 Å². The second kappa shape index (κ2) is 16.8. The van der Waals surface area contributed by atoms with Gasteiger partial charge in [-0.25, -0.2) is 10.4 Å². The average molecular weight is 542 g/mol. The molecule has 6 heteroatoms. The number of thioether (sulfide) groups is 1. The average Bonchev–Trinajstić information content (AvgIpc) is 3.05. The molecule has 1 aliphatic heterocycles. The quantitative estimate of drug-likeness (QED) is 0.230. The predicted octanol–water partition coefficient (Wildman–Crippen LogP) is 7.79. The Morgan fingerprint density at radius 2 is 1.68 bits per heavy atom. The third kappa shape index (κ3) is 12.7. The minimum absolute atomic E-state index is 0.305. The van der Waals surface area contributed by atoms with Crippen molar-refractivity contribution in [2.24, 2.45) is 22.6 Å². The number of hydrogen-bond donors (Lipinski definition) is 2. The van der Waals surface area contributed by atoms with Crippen molar-refractivity contribution in [1.82, 2.24) is 15.3 Å². The highest BCUT2D eigenvalue weighted by atomic mass is 32.2. The first-order valence-corrected chi connectivity index (χ1v) is 15.1. The fourth-order valence-electron chi connectivity index (χ4n) is 3.29. The molecule has 0 atom stereocenters. The molecule has 0 saturated heterocycles. The van der Waals surface area contributed by atoms with Crippen molar-refractivity contribution in [3.8, 4) is 0 Å². The van der Waals surface area contributed by atoms with E-state index in [-0.39, 0.29) is 5.54 Å². The van der Waals surface area contributed by atoms with Crippen molar-refractivity contribution < 1.29 is 0 Å². The highest BCUT2D eigenvalue weighted by Crippen LogP contribution is 2.28. The number of hydrazine groups is 1. The molecule has 38 heavy (non-hydrogen) atoms. The molecule has 0 unspecified atom stereocenters. The molecule has 0 saturated carbocycles. The number of guanidine groups is 1. The summed E-state index contributed by atoms with van der Waals surface area (Å²) < 4.78 is 0. The largest absolute Gasteiger partial charge is 0.336 e. The summed E-state index contributed by atoms with van der Waals surface area (Å²) in [6.07, 6.45) is 1.25. The fraction of sp³-hybridized carbons (Fsp3) is 0.594. The molecule has 1 aliphatic rings. The van der Waals surface area contributed by atoms with Crippen LogP contribution < -0.4 is 11.2 Å². The van der Waals surface area contributed by atoms with Crippen LogP contribution in [0.3, 0.4) is 0 Å². The van der Waals surface area contributed by atoms with Crippen LogP contribution in [0.2, 0.25) is 0 Å². The van der Waals surface area contributed by atoms with Crippen molar-refractivity contribution in [2.75, 3.05) is 25.9 Å². The predicted molar refractivity (Wildman–Crippen MR) is 170 cm³/mol. The van der Waals surface area contributed by atoms with Gasteiger partial charge in [-0.05, 0) is 62.8 Å². The Hall–Kier alpha value is -2.02. The molecule has 0 aliphatic carbocycles. The lowest BCUT2D eigenvalue weighted by Crippen LogP contribution is -2.54. The zero-order chi connectivity index (χ0) is 28.9. The number of hydrogen-bond acceptors (Lipinski definition) is 4. The minimum Gasteiger partial charge on any atom is -0.336 e. The van der Waals surface area contributed by atoms with E-state index in [0.717, 1.165) is 42.3 Å². The second-order valence-corrected chi connectivity index (χ2v) is 12.8. The third-order valence-corrected chi connectivity index (χ3v) is 7.31. The molecular formula is C32H55N5S. The summed E-state index contributed by atoms with van der Waals surface area (Å²) in [6, 6.07) is 15.1. The molecule has 0 radical (unpaired) electrons. The van der Waals surface area contributed by atoms with Crippen LogP contribution in [0.15, 0.2) is 52.4 Å². The van der Waals surface area contributed by atoms with Crippen LogP contribution in [0.1, 0.15) is 78.5 Å². The first kappa shape index (κ1) is 34.0. The highest BCUT2D eigenvalue weighted by molar-refractivity contribution is 7.99. The number of nitrogens with zero attached hydrogens (tertiary/aromatic N) is 3. The zero-order valence-electron chi connectivity index (χ0n) is 26.1. The van der Waals surface area contributed by atoms with E-state index < -0.39 is 0 Å². The highest BCUT2D eigenvalue weighted by Gasteiger charge is 2.22. The lowest BCUT2D eigenvalue weighted by atomic mass is 10.0. The summed E-state index contributed by atoms with van der Waals surface area (Å²) in [5, 5.41) is 2.02. The van der Waals surface area contributed by atoms with Gasteiger partial charge in [0.15, 0.2) is 0 Å². The van der Waals surface area contributed by atoms with Crippen LogP contribution in [-0.2, 0) is 6.54 Å². The van der Waals surface area contributed by atoms with Gasteiger partial charge < -0.3 is 10.6 Å². The van der Waals surface area contributed by atoms with Crippen molar-refractivity contribution in [3.63, 3.8) is 0 Å². The Kier molecular flexibility index (Phi) is 15.1. The van der Waals surface area contributed by atoms with Gasteiger partial charge in [0.05, 0.1) is 5.69 Å². The Bertz CT molecular complexity index is 972. The number of fused-ring (bicyclic) bond motifs is 1. The molecule has 3 N–H and O–H groups in total. The topological polar surface area (TPSA) is 56.9 Å². The summed E-state index contributed by atoms with van der Waals surface area (Å²) in [7, 11) is 2.03. The van der Waals surface area contributed by atoms with Gasteiger partial charge in [-0.1, -0.05) is 83.9 Å². The zero-order valence-corrected chi connectivity index (χ0v) is 26.9. The lowest BCUT2D eigenvalue weighted by Gasteiger charge is -2.33. The number of benzene rings is 2.